The molecule has 1 aromatic heterocycles. The van der Waals surface area contributed by atoms with Crippen LogP contribution in [0.2, 0.25) is 0 Å². The molecule has 106 valence electrons. The Kier molecular flexibility index (Phi) is 4.69. The van der Waals surface area contributed by atoms with Crippen molar-refractivity contribution in [3.63, 3.8) is 0 Å². The highest BCUT2D eigenvalue weighted by Crippen LogP contribution is 2.16. The van der Waals surface area contributed by atoms with Gasteiger partial charge in [0.05, 0.1) is 30.3 Å². The highest BCUT2D eigenvalue weighted by molar-refractivity contribution is 5.83. The van der Waals surface area contributed by atoms with Gasteiger partial charge < -0.3 is 10.4 Å². The summed E-state index contributed by atoms with van der Waals surface area (Å²) in [5.74, 6) is -0.105. The topological polar surface area (TPSA) is 62.2 Å². The van der Waals surface area contributed by atoms with Gasteiger partial charge in [-0.2, -0.15) is 0 Å². The van der Waals surface area contributed by atoms with Gasteiger partial charge in [-0.1, -0.05) is 31.2 Å². The molecule has 20 heavy (non-hydrogen) atoms. The molecule has 0 spiro atoms. The van der Waals surface area contributed by atoms with Gasteiger partial charge in [0.2, 0.25) is 5.91 Å². The summed E-state index contributed by atoms with van der Waals surface area (Å²) in [6.45, 7) is 3.91. The number of nitrogens with zero attached hydrogens (tertiary/aromatic N) is 1. The van der Waals surface area contributed by atoms with E-state index in [-0.39, 0.29) is 25.0 Å². The minimum atomic E-state index is -0.176. The lowest BCUT2D eigenvalue weighted by Gasteiger charge is -2.13. The van der Waals surface area contributed by atoms with E-state index in [1.807, 2.05) is 44.2 Å². The summed E-state index contributed by atoms with van der Waals surface area (Å²) in [7, 11) is 0. The minimum Gasteiger partial charge on any atom is -0.394 e. The van der Waals surface area contributed by atoms with Crippen LogP contribution in [0.3, 0.4) is 0 Å². The van der Waals surface area contributed by atoms with E-state index < -0.39 is 0 Å². The van der Waals surface area contributed by atoms with Gasteiger partial charge in [0.15, 0.2) is 0 Å². The number of amides is 1. The zero-order valence-electron chi connectivity index (χ0n) is 11.9. The SMILES string of the molecule is CCC(CO)NC(=O)Cc1ccc2cccc(C)c2n1. The molecule has 1 unspecified atom stereocenters. The first-order valence-electron chi connectivity index (χ1n) is 6.89. The third-order valence-corrected chi connectivity index (χ3v) is 3.40. The molecule has 2 rings (SSSR count). The standard InChI is InChI=1S/C16H20N2O2/c1-3-13(10-19)17-15(20)9-14-8-7-12-6-4-5-11(2)16(12)18-14/h4-8,13,19H,3,9-10H2,1-2H3,(H,17,20). The third kappa shape index (κ3) is 3.33. The van der Waals surface area contributed by atoms with Crippen molar-refractivity contribution in [2.24, 2.45) is 0 Å². The molecule has 2 N–H and O–H groups in total. The second kappa shape index (κ2) is 6.48. The number of para-hydroxylation sites is 1. The van der Waals surface area contributed by atoms with Gasteiger partial charge in [-0.15, -0.1) is 0 Å². The lowest BCUT2D eigenvalue weighted by Crippen LogP contribution is -2.37. The number of aliphatic hydroxyl groups is 1. The fraction of sp³-hybridized carbons (Fsp3) is 0.375. The molecule has 0 bridgehead atoms. The zero-order chi connectivity index (χ0) is 14.5. The number of hydrogen-bond donors (Lipinski definition) is 2. The fourth-order valence-electron chi connectivity index (χ4n) is 2.15. The maximum Gasteiger partial charge on any atom is 0.226 e. The smallest absolute Gasteiger partial charge is 0.226 e. The highest BCUT2D eigenvalue weighted by atomic mass is 16.3. The Balaban J connectivity index is 2.14. The van der Waals surface area contributed by atoms with Crippen LogP contribution >= 0.6 is 0 Å². The van der Waals surface area contributed by atoms with Gasteiger partial charge in [-0.3, -0.25) is 9.78 Å². The Morgan fingerprint density at radius 1 is 1.35 bits per heavy atom. The van der Waals surface area contributed by atoms with E-state index in [0.29, 0.717) is 6.42 Å². The average molecular weight is 272 g/mol. The largest absolute Gasteiger partial charge is 0.394 e. The molecule has 1 heterocycles. The van der Waals surface area contributed by atoms with E-state index in [1.54, 1.807) is 0 Å². The molecule has 0 aliphatic rings. The number of nitrogens with one attached hydrogen (secondary N) is 1. The molecular formula is C16H20N2O2. The maximum absolute atomic E-state index is 11.9. The van der Waals surface area contributed by atoms with Crippen molar-refractivity contribution in [2.75, 3.05) is 6.61 Å². The second-order valence-corrected chi connectivity index (χ2v) is 4.98. The van der Waals surface area contributed by atoms with Crippen molar-refractivity contribution in [1.82, 2.24) is 10.3 Å². The third-order valence-electron chi connectivity index (χ3n) is 3.40. The van der Waals surface area contributed by atoms with Crippen LogP contribution in [0.15, 0.2) is 30.3 Å². The molecule has 1 atom stereocenters. The van der Waals surface area contributed by atoms with Crippen LogP contribution in [0.4, 0.5) is 0 Å². The lowest BCUT2D eigenvalue weighted by atomic mass is 10.1. The van der Waals surface area contributed by atoms with Gasteiger partial charge >= 0.3 is 0 Å². The Hall–Kier alpha value is -1.94. The fourth-order valence-corrected chi connectivity index (χ4v) is 2.15. The summed E-state index contributed by atoms with van der Waals surface area (Å²) >= 11 is 0. The summed E-state index contributed by atoms with van der Waals surface area (Å²) in [5, 5.41) is 13.0. The van der Waals surface area contributed by atoms with Gasteiger partial charge in [-0.25, -0.2) is 0 Å². The molecule has 2 aromatic rings. The van der Waals surface area contributed by atoms with Crippen LogP contribution in [0.1, 0.15) is 24.6 Å². The molecule has 0 fully saturated rings. The molecule has 4 heteroatoms. The molecule has 0 saturated carbocycles. The average Bonchev–Trinajstić information content (AvgIpc) is 2.45. The summed E-state index contributed by atoms with van der Waals surface area (Å²) < 4.78 is 0. The van der Waals surface area contributed by atoms with Gasteiger partial charge in [-0.05, 0) is 25.0 Å². The number of fused-ring (bicyclic) bond motifs is 1. The van der Waals surface area contributed by atoms with Crippen LogP contribution in [0.25, 0.3) is 10.9 Å². The Morgan fingerprint density at radius 2 is 2.15 bits per heavy atom. The first-order chi connectivity index (χ1) is 9.63. The first-order valence-corrected chi connectivity index (χ1v) is 6.89. The monoisotopic (exact) mass is 272 g/mol. The minimum absolute atomic E-state index is 0.0352. The molecule has 0 aliphatic heterocycles. The van der Waals surface area contributed by atoms with Crippen LogP contribution < -0.4 is 5.32 Å². The van der Waals surface area contributed by atoms with Crippen LogP contribution in [-0.2, 0) is 11.2 Å². The van der Waals surface area contributed by atoms with E-state index in [0.717, 1.165) is 22.2 Å². The Labute approximate surface area is 118 Å². The number of aryl methyl sites for hydroxylation is 1. The van der Waals surface area contributed by atoms with E-state index in [2.05, 4.69) is 10.3 Å². The van der Waals surface area contributed by atoms with Crippen LogP contribution in [0.5, 0.6) is 0 Å². The predicted molar refractivity (Wildman–Crippen MR) is 79.5 cm³/mol. The van der Waals surface area contributed by atoms with Crippen molar-refractivity contribution < 1.29 is 9.90 Å². The summed E-state index contributed by atoms with van der Waals surface area (Å²) in [5.41, 5.74) is 2.79. The van der Waals surface area contributed by atoms with Crippen molar-refractivity contribution in [3.8, 4) is 0 Å². The Morgan fingerprint density at radius 3 is 2.85 bits per heavy atom. The summed E-state index contributed by atoms with van der Waals surface area (Å²) in [6.07, 6.45) is 0.952. The number of rotatable bonds is 5. The van der Waals surface area contributed by atoms with Gasteiger partial charge in [0.1, 0.15) is 0 Å². The predicted octanol–water partition coefficient (Wildman–Crippen LogP) is 1.97. The summed E-state index contributed by atoms with van der Waals surface area (Å²) in [4.78, 5) is 16.4. The van der Waals surface area contributed by atoms with Crippen molar-refractivity contribution >= 4 is 16.8 Å². The van der Waals surface area contributed by atoms with Crippen LogP contribution in [0, 0.1) is 6.92 Å². The number of benzene rings is 1. The van der Waals surface area contributed by atoms with Crippen molar-refractivity contribution in [1.29, 1.82) is 0 Å². The number of carbonyl (C=O) groups excluding carboxylic acids is 1. The van der Waals surface area contributed by atoms with E-state index >= 15 is 0 Å². The van der Waals surface area contributed by atoms with E-state index in [4.69, 9.17) is 5.11 Å². The summed E-state index contributed by atoms with van der Waals surface area (Å²) in [6, 6.07) is 9.71. The molecule has 1 aromatic carbocycles. The molecule has 0 aliphatic carbocycles. The zero-order valence-corrected chi connectivity index (χ0v) is 11.9. The normalized spacial score (nSPS) is 12.3. The first kappa shape index (κ1) is 14.5. The number of aliphatic hydroxyl groups excluding tert-OH is 1. The van der Waals surface area contributed by atoms with E-state index in [1.165, 1.54) is 0 Å². The number of hydrogen-bond acceptors (Lipinski definition) is 3. The van der Waals surface area contributed by atoms with Gasteiger partial charge in [0.25, 0.3) is 0 Å². The number of carbonyl (C=O) groups is 1. The Bertz CT molecular complexity index is 606. The highest BCUT2D eigenvalue weighted by Gasteiger charge is 2.11. The van der Waals surface area contributed by atoms with E-state index in [9.17, 15) is 4.79 Å². The van der Waals surface area contributed by atoms with Gasteiger partial charge in [0, 0.05) is 5.39 Å². The molecule has 4 nitrogen and oxygen atoms in total. The number of aromatic nitrogens is 1. The number of pyridine rings is 1. The molecule has 0 saturated heterocycles. The van der Waals surface area contributed by atoms with Crippen LogP contribution in [-0.4, -0.2) is 28.6 Å². The molecular weight excluding hydrogens is 252 g/mol. The molecule has 0 radical (unpaired) electrons. The quantitative estimate of drug-likeness (QED) is 0.874. The van der Waals surface area contributed by atoms with Crippen molar-refractivity contribution in [3.05, 3.63) is 41.6 Å². The van der Waals surface area contributed by atoms with Crippen molar-refractivity contribution in [2.45, 2.75) is 32.7 Å². The second-order valence-electron chi connectivity index (χ2n) is 4.98. The molecule has 1 amide bonds. The maximum atomic E-state index is 11.9. The lowest BCUT2D eigenvalue weighted by molar-refractivity contribution is -0.121.